The molecule has 0 spiro atoms. The standard InChI is InChI=1S/C21H33N3O5S/c1-17-15-24(16-18(2)29-17)30(26,27)20-7-5-19(6-8-20)21(25)22-9-3-4-10-23-11-13-28-14-12-23/h5-8,17-18H,3-4,9-16H2,1-2H3,(H,22,25). The molecule has 3 rings (SSSR count). The first kappa shape index (κ1) is 23.1. The van der Waals surface area contributed by atoms with Gasteiger partial charge < -0.3 is 14.8 Å². The van der Waals surface area contributed by atoms with Gasteiger partial charge in [0.25, 0.3) is 5.91 Å². The molecule has 2 fully saturated rings. The predicted molar refractivity (Wildman–Crippen MR) is 114 cm³/mol. The molecule has 30 heavy (non-hydrogen) atoms. The molecule has 1 amide bonds. The first-order valence-electron chi connectivity index (χ1n) is 10.7. The lowest BCUT2D eigenvalue weighted by Crippen LogP contribution is -2.48. The summed E-state index contributed by atoms with van der Waals surface area (Å²) in [5, 5.41) is 2.91. The van der Waals surface area contributed by atoms with Crippen molar-refractivity contribution in [3.05, 3.63) is 29.8 Å². The first-order chi connectivity index (χ1) is 14.4. The van der Waals surface area contributed by atoms with Gasteiger partial charge in [-0.15, -0.1) is 0 Å². The van der Waals surface area contributed by atoms with E-state index in [0.29, 0.717) is 25.2 Å². The molecule has 9 heteroatoms. The topological polar surface area (TPSA) is 88.2 Å². The van der Waals surface area contributed by atoms with E-state index in [9.17, 15) is 13.2 Å². The van der Waals surface area contributed by atoms with E-state index in [0.717, 1.165) is 45.7 Å². The highest BCUT2D eigenvalue weighted by molar-refractivity contribution is 7.89. The lowest BCUT2D eigenvalue weighted by atomic mass is 10.2. The smallest absolute Gasteiger partial charge is 0.251 e. The number of amides is 1. The average molecular weight is 440 g/mol. The van der Waals surface area contributed by atoms with Crippen molar-refractivity contribution in [1.82, 2.24) is 14.5 Å². The Morgan fingerprint density at radius 3 is 2.33 bits per heavy atom. The van der Waals surface area contributed by atoms with E-state index in [1.807, 2.05) is 13.8 Å². The normalized spacial score (nSPS) is 23.9. The van der Waals surface area contributed by atoms with Gasteiger partial charge in [-0.05, 0) is 57.5 Å². The van der Waals surface area contributed by atoms with Gasteiger partial charge in [0, 0.05) is 38.3 Å². The van der Waals surface area contributed by atoms with Crippen LogP contribution in [0.5, 0.6) is 0 Å². The Labute approximate surface area is 179 Å². The molecule has 0 aromatic heterocycles. The van der Waals surface area contributed by atoms with Gasteiger partial charge in [0.15, 0.2) is 0 Å². The molecule has 2 aliphatic heterocycles. The zero-order valence-corrected chi connectivity index (χ0v) is 18.7. The molecule has 0 aliphatic carbocycles. The van der Waals surface area contributed by atoms with E-state index in [2.05, 4.69) is 10.2 Å². The highest BCUT2D eigenvalue weighted by atomic mass is 32.2. The Morgan fingerprint density at radius 2 is 1.70 bits per heavy atom. The van der Waals surface area contributed by atoms with Crippen LogP contribution in [0, 0.1) is 0 Å². The number of carbonyl (C=O) groups excluding carboxylic acids is 1. The van der Waals surface area contributed by atoms with E-state index in [-0.39, 0.29) is 23.0 Å². The molecule has 0 radical (unpaired) electrons. The molecule has 0 bridgehead atoms. The van der Waals surface area contributed by atoms with Crippen LogP contribution < -0.4 is 5.32 Å². The monoisotopic (exact) mass is 439 g/mol. The van der Waals surface area contributed by atoms with Gasteiger partial charge >= 0.3 is 0 Å². The minimum absolute atomic E-state index is 0.142. The highest BCUT2D eigenvalue weighted by Crippen LogP contribution is 2.21. The van der Waals surface area contributed by atoms with Gasteiger partial charge in [0.05, 0.1) is 30.3 Å². The number of hydrogen-bond donors (Lipinski definition) is 1. The fraction of sp³-hybridized carbons (Fsp3) is 0.667. The molecular weight excluding hydrogens is 406 g/mol. The van der Waals surface area contributed by atoms with E-state index < -0.39 is 10.0 Å². The number of rotatable bonds is 8. The molecule has 0 saturated carbocycles. The van der Waals surface area contributed by atoms with Crippen molar-refractivity contribution in [1.29, 1.82) is 0 Å². The van der Waals surface area contributed by atoms with E-state index in [1.54, 1.807) is 12.1 Å². The molecule has 2 atom stereocenters. The molecule has 2 heterocycles. The zero-order chi connectivity index (χ0) is 21.6. The maximum Gasteiger partial charge on any atom is 0.251 e. The summed E-state index contributed by atoms with van der Waals surface area (Å²) < 4.78 is 38.2. The summed E-state index contributed by atoms with van der Waals surface area (Å²) >= 11 is 0. The van der Waals surface area contributed by atoms with Gasteiger partial charge in [-0.25, -0.2) is 8.42 Å². The van der Waals surface area contributed by atoms with Crippen molar-refractivity contribution in [2.75, 3.05) is 52.5 Å². The Bertz CT molecular complexity index is 783. The molecule has 8 nitrogen and oxygen atoms in total. The number of benzene rings is 1. The summed E-state index contributed by atoms with van der Waals surface area (Å²) in [6.45, 7) is 9.57. The molecular formula is C21H33N3O5S. The molecule has 1 aromatic rings. The van der Waals surface area contributed by atoms with Crippen molar-refractivity contribution >= 4 is 15.9 Å². The van der Waals surface area contributed by atoms with E-state index >= 15 is 0 Å². The maximum absolute atomic E-state index is 12.9. The van der Waals surface area contributed by atoms with Crippen molar-refractivity contribution in [2.24, 2.45) is 0 Å². The number of unbranched alkanes of at least 4 members (excludes halogenated alkanes) is 1. The summed E-state index contributed by atoms with van der Waals surface area (Å²) in [6, 6.07) is 6.16. The van der Waals surface area contributed by atoms with Gasteiger partial charge in [-0.3, -0.25) is 9.69 Å². The number of nitrogens with one attached hydrogen (secondary N) is 1. The van der Waals surface area contributed by atoms with E-state index in [4.69, 9.17) is 9.47 Å². The maximum atomic E-state index is 12.9. The average Bonchev–Trinajstić information content (AvgIpc) is 2.73. The van der Waals surface area contributed by atoms with Crippen LogP contribution in [0.1, 0.15) is 37.0 Å². The second-order valence-electron chi connectivity index (χ2n) is 8.02. The summed E-state index contributed by atoms with van der Waals surface area (Å²) in [6.07, 6.45) is 1.64. The summed E-state index contributed by atoms with van der Waals surface area (Å²) in [7, 11) is -3.60. The summed E-state index contributed by atoms with van der Waals surface area (Å²) in [4.78, 5) is 14.9. The predicted octanol–water partition coefficient (Wildman–Crippen LogP) is 1.33. The SMILES string of the molecule is CC1CN(S(=O)(=O)c2ccc(C(=O)NCCCCN3CCOCC3)cc2)CC(C)O1. The van der Waals surface area contributed by atoms with Crippen LogP contribution in [0.25, 0.3) is 0 Å². The molecule has 1 N–H and O–H groups in total. The van der Waals surface area contributed by atoms with Gasteiger partial charge in [-0.2, -0.15) is 4.31 Å². The van der Waals surface area contributed by atoms with Crippen LogP contribution in [0.4, 0.5) is 0 Å². The van der Waals surface area contributed by atoms with Crippen molar-refractivity contribution in [3.8, 4) is 0 Å². The van der Waals surface area contributed by atoms with Gasteiger partial charge in [-0.1, -0.05) is 0 Å². The van der Waals surface area contributed by atoms with Gasteiger partial charge in [0.2, 0.25) is 10.0 Å². The van der Waals surface area contributed by atoms with Crippen LogP contribution >= 0.6 is 0 Å². The molecule has 2 saturated heterocycles. The molecule has 1 aromatic carbocycles. The van der Waals surface area contributed by atoms with Crippen LogP contribution in [0.3, 0.4) is 0 Å². The second kappa shape index (κ2) is 10.7. The van der Waals surface area contributed by atoms with Crippen LogP contribution in [0.2, 0.25) is 0 Å². The Morgan fingerprint density at radius 1 is 1.07 bits per heavy atom. The zero-order valence-electron chi connectivity index (χ0n) is 17.9. The third kappa shape index (κ3) is 6.24. The summed E-state index contributed by atoms with van der Waals surface area (Å²) in [5.41, 5.74) is 0.464. The molecule has 2 unspecified atom stereocenters. The first-order valence-corrected chi connectivity index (χ1v) is 12.1. The fourth-order valence-electron chi connectivity index (χ4n) is 3.84. The Kier molecular flexibility index (Phi) is 8.24. The Hall–Kier alpha value is -1.52. The van der Waals surface area contributed by atoms with Crippen LogP contribution in [-0.2, 0) is 19.5 Å². The minimum atomic E-state index is -3.60. The Balaban J connectivity index is 1.46. The number of carbonyl (C=O) groups is 1. The lowest BCUT2D eigenvalue weighted by molar-refractivity contribution is -0.0440. The molecule has 168 valence electrons. The largest absolute Gasteiger partial charge is 0.379 e. The third-order valence-corrected chi connectivity index (χ3v) is 7.28. The van der Waals surface area contributed by atoms with Crippen molar-refractivity contribution < 1.29 is 22.7 Å². The van der Waals surface area contributed by atoms with Crippen LogP contribution in [0.15, 0.2) is 29.2 Å². The van der Waals surface area contributed by atoms with E-state index in [1.165, 1.54) is 16.4 Å². The molecule has 2 aliphatic rings. The number of morpholine rings is 2. The second-order valence-corrected chi connectivity index (χ2v) is 9.96. The quantitative estimate of drug-likeness (QED) is 0.615. The number of hydrogen-bond acceptors (Lipinski definition) is 6. The van der Waals surface area contributed by atoms with Crippen molar-refractivity contribution in [3.63, 3.8) is 0 Å². The minimum Gasteiger partial charge on any atom is -0.379 e. The van der Waals surface area contributed by atoms with Gasteiger partial charge in [0.1, 0.15) is 0 Å². The third-order valence-electron chi connectivity index (χ3n) is 5.43. The number of nitrogens with zero attached hydrogens (tertiary/aromatic N) is 2. The number of sulfonamides is 1. The van der Waals surface area contributed by atoms with Crippen LogP contribution in [-0.4, -0.2) is 88.2 Å². The summed E-state index contributed by atoms with van der Waals surface area (Å²) in [5.74, 6) is -0.182. The highest BCUT2D eigenvalue weighted by Gasteiger charge is 2.32. The fourth-order valence-corrected chi connectivity index (χ4v) is 5.43. The van der Waals surface area contributed by atoms with Crippen molar-refractivity contribution in [2.45, 2.75) is 43.8 Å². The number of ether oxygens (including phenoxy) is 2. The lowest BCUT2D eigenvalue weighted by Gasteiger charge is -2.34.